The van der Waals surface area contributed by atoms with Crippen LogP contribution in [0.5, 0.6) is 0 Å². The van der Waals surface area contributed by atoms with Crippen LogP contribution in [0.2, 0.25) is 0 Å². The number of rotatable bonds is 2. The molecule has 0 aromatic heterocycles. The Balaban J connectivity index is 0.000000437. The average molecular weight is 266 g/mol. The van der Waals surface area contributed by atoms with E-state index in [4.69, 9.17) is 33.5 Å². The van der Waals surface area contributed by atoms with Gasteiger partial charge in [0.05, 0.1) is 0 Å². The molecule has 17 heavy (non-hydrogen) atoms. The Bertz CT molecular complexity index is 428. The Morgan fingerprint density at radius 2 is 1.53 bits per heavy atom. The van der Waals surface area contributed by atoms with Gasteiger partial charge in [-0.1, -0.05) is 0 Å². The molecule has 0 fully saturated rings. The minimum Gasteiger partial charge on any atom is -0.399 e. The number of aliphatic hydroxyl groups is 2. The molecule has 0 atom stereocenters. The van der Waals surface area contributed by atoms with E-state index in [1.807, 2.05) is 0 Å². The fourth-order valence-corrected chi connectivity index (χ4v) is 0.840. The van der Waals surface area contributed by atoms with Crippen LogP contribution in [-0.2, 0) is 10.4 Å². The van der Waals surface area contributed by atoms with E-state index in [9.17, 15) is 0 Å². The fraction of sp³-hybridized carbons (Fsp3) is 0.250. The van der Waals surface area contributed by atoms with Crippen molar-refractivity contribution in [2.75, 3.05) is 11.1 Å². The Morgan fingerprint density at radius 1 is 1.18 bits per heavy atom. The number of nitrogen functional groups attached to an aromatic ring is 1. The second-order valence-electron chi connectivity index (χ2n) is 3.22. The lowest BCUT2D eigenvalue weighted by Gasteiger charge is -2.18. The molecule has 0 bridgehead atoms. The molecular weight excluding hydrogens is 252 g/mol. The van der Waals surface area contributed by atoms with E-state index in [0.29, 0.717) is 11.4 Å². The molecule has 8 nitrogen and oxygen atoms in total. The highest BCUT2D eigenvalue weighted by Crippen LogP contribution is 2.13. The lowest BCUT2D eigenvalue weighted by molar-refractivity contribution is -0.118. The molecule has 0 radical (unpaired) electrons. The van der Waals surface area contributed by atoms with E-state index in [1.165, 1.54) is 6.92 Å². The molecule has 0 unspecified atom stereocenters. The van der Waals surface area contributed by atoms with Crippen molar-refractivity contribution in [3.63, 3.8) is 0 Å². The van der Waals surface area contributed by atoms with E-state index in [-0.39, 0.29) is 0 Å². The molecule has 0 saturated heterocycles. The second kappa shape index (κ2) is 5.80. The summed E-state index contributed by atoms with van der Waals surface area (Å²) in [6, 6.07) is 6.68. The topological polar surface area (TPSA) is 153 Å². The van der Waals surface area contributed by atoms with Crippen LogP contribution in [0.4, 0.5) is 11.4 Å². The highest BCUT2D eigenvalue weighted by atomic mass is 32.3. The normalized spacial score (nSPS) is 11.4. The highest BCUT2D eigenvalue weighted by Gasteiger charge is 2.13. The highest BCUT2D eigenvalue weighted by molar-refractivity contribution is 7.79. The van der Waals surface area contributed by atoms with Gasteiger partial charge >= 0.3 is 10.4 Å². The van der Waals surface area contributed by atoms with Crippen LogP contribution in [0, 0.1) is 0 Å². The zero-order chi connectivity index (χ0) is 13.7. The van der Waals surface area contributed by atoms with Gasteiger partial charge in [0.25, 0.3) is 0 Å². The van der Waals surface area contributed by atoms with Gasteiger partial charge in [-0.25, -0.2) is 0 Å². The van der Waals surface area contributed by atoms with E-state index in [0.717, 1.165) is 0 Å². The molecule has 1 aromatic rings. The van der Waals surface area contributed by atoms with Gasteiger partial charge in [-0.3, -0.25) is 9.11 Å². The summed E-state index contributed by atoms with van der Waals surface area (Å²) < 4.78 is 31.6. The average Bonchev–Trinajstić information content (AvgIpc) is 2.03. The van der Waals surface area contributed by atoms with Crippen molar-refractivity contribution in [2.24, 2.45) is 0 Å². The number of hydrogen-bond donors (Lipinski definition) is 6. The van der Waals surface area contributed by atoms with Crippen molar-refractivity contribution in [1.82, 2.24) is 0 Å². The lowest BCUT2D eigenvalue weighted by Crippen LogP contribution is -2.33. The van der Waals surface area contributed by atoms with Crippen LogP contribution >= 0.6 is 0 Å². The second-order valence-corrected chi connectivity index (χ2v) is 4.11. The van der Waals surface area contributed by atoms with Gasteiger partial charge < -0.3 is 21.3 Å². The molecule has 0 aliphatic carbocycles. The number of anilines is 2. The predicted octanol–water partition coefficient (Wildman–Crippen LogP) is -0.314. The third kappa shape index (κ3) is 12.5. The predicted molar refractivity (Wildman–Crippen MR) is 61.5 cm³/mol. The quantitative estimate of drug-likeness (QED) is 0.242. The molecule has 7 N–H and O–H groups in total. The van der Waals surface area contributed by atoms with Gasteiger partial charge in [0.1, 0.15) is 0 Å². The van der Waals surface area contributed by atoms with E-state index < -0.39 is 16.3 Å². The summed E-state index contributed by atoms with van der Waals surface area (Å²) in [5, 5.41) is 20.4. The smallest absolute Gasteiger partial charge is 0.394 e. The van der Waals surface area contributed by atoms with Gasteiger partial charge in [-0.05, 0) is 24.3 Å². The number of benzene rings is 1. The van der Waals surface area contributed by atoms with E-state index >= 15 is 0 Å². The SMILES string of the molecule is CC(O)(O)Nc1ccc(N)cc1.O=S(=O)(O)O. The zero-order valence-electron chi connectivity index (χ0n) is 8.90. The molecular formula is C8H14N2O6S. The van der Waals surface area contributed by atoms with Gasteiger partial charge in [-0.15, -0.1) is 0 Å². The van der Waals surface area contributed by atoms with Crippen molar-refractivity contribution < 1.29 is 27.7 Å². The molecule has 0 heterocycles. The third-order valence-corrected chi connectivity index (χ3v) is 1.29. The molecule has 0 amide bonds. The summed E-state index contributed by atoms with van der Waals surface area (Å²) in [5.41, 5.74) is 6.68. The van der Waals surface area contributed by atoms with Gasteiger partial charge in [0.15, 0.2) is 0 Å². The Labute approximate surface area is 98.3 Å². The molecule has 0 aliphatic heterocycles. The minimum atomic E-state index is -4.67. The summed E-state index contributed by atoms with van der Waals surface area (Å²) in [6.45, 7) is 1.24. The Kier molecular flexibility index (Phi) is 5.32. The van der Waals surface area contributed by atoms with Gasteiger partial charge in [-0.2, -0.15) is 8.42 Å². The van der Waals surface area contributed by atoms with Crippen molar-refractivity contribution in [2.45, 2.75) is 12.8 Å². The summed E-state index contributed by atoms with van der Waals surface area (Å²) in [4.78, 5) is 0. The third-order valence-electron chi connectivity index (χ3n) is 1.29. The van der Waals surface area contributed by atoms with Crippen molar-refractivity contribution >= 4 is 21.8 Å². The maximum atomic E-state index is 8.95. The van der Waals surface area contributed by atoms with Crippen molar-refractivity contribution in [3.8, 4) is 0 Å². The maximum Gasteiger partial charge on any atom is 0.394 e. The van der Waals surface area contributed by atoms with Gasteiger partial charge in [0, 0.05) is 18.3 Å². The first kappa shape index (κ1) is 15.6. The van der Waals surface area contributed by atoms with Crippen LogP contribution in [0.25, 0.3) is 0 Å². The first-order chi connectivity index (χ1) is 7.47. The van der Waals surface area contributed by atoms with E-state index in [2.05, 4.69) is 5.32 Å². The molecule has 9 heteroatoms. The first-order valence-corrected chi connectivity index (χ1v) is 5.65. The van der Waals surface area contributed by atoms with Gasteiger partial charge in [0.2, 0.25) is 5.91 Å². The lowest BCUT2D eigenvalue weighted by atomic mass is 10.3. The largest absolute Gasteiger partial charge is 0.399 e. The zero-order valence-corrected chi connectivity index (χ0v) is 9.72. The summed E-state index contributed by atoms with van der Waals surface area (Å²) in [5.74, 6) is -1.89. The Morgan fingerprint density at radius 3 is 1.82 bits per heavy atom. The number of nitrogens with one attached hydrogen (secondary N) is 1. The molecule has 98 valence electrons. The van der Waals surface area contributed by atoms with Crippen molar-refractivity contribution in [1.29, 1.82) is 0 Å². The molecule has 1 rings (SSSR count). The van der Waals surface area contributed by atoms with Crippen LogP contribution in [0.15, 0.2) is 24.3 Å². The molecule has 0 spiro atoms. The summed E-state index contributed by atoms with van der Waals surface area (Å²) in [7, 11) is -4.67. The summed E-state index contributed by atoms with van der Waals surface area (Å²) >= 11 is 0. The minimum absolute atomic E-state index is 0.608. The maximum absolute atomic E-state index is 8.95. The van der Waals surface area contributed by atoms with Crippen LogP contribution < -0.4 is 11.1 Å². The number of nitrogens with two attached hydrogens (primary N) is 1. The molecule has 0 saturated carbocycles. The molecule has 0 aliphatic rings. The van der Waals surface area contributed by atoms with E-state index in [1.54, 1.807) is 24.3 Å². The fourth-order valence-electron chi connectivity index (χ4n) is 0.840. The Hall–Kier alpha value is -1.39. The first-order valence-electron chi connectivity index (χ1n) is 4.26. The summed E-state index contributed by atoms with van der Waals surface area (Å²) in [6.07, 6.45) is 0. The molecule has 1 aromatic carbocycles. The standard InChI is InChI=1S/C8H12N2O2.H2O4S/c1-8(11,12)10-7-4-2-6(9)3-5-7;1-5(2,3)4/h2-5,10-12H,9H2,1H3;(H2,1,2,3,4). The van der Waals surface area contributed by atoms with Crippen LogP contribution in [0.3, 0.4) is 0 Å². The van der Waals surface area contributed by atoms with Crippen LogP contribution in [0.1, 0.15) is 6.92 Å². The van der Waals surface area contributed by atoms with Crippen LogP contribution in [-0.4, -0.2) is 33.6 Å². The monoisotopic (exact) mass is 266 g/mol. The van der Waals surface area contributed by atoms with Crippen molar-refractivity contribution in [3.05, 3.63) is 24.3 Å². The number of hydrogen-bond acceptors (Lipinski definition) is 6.